The average molecular weight is 281 g/mol. The van der Waals surface area contributed by atoms with Gasteiger partial charge in [0.05, 0.1) is 23.8 Å². The number of benzene rings is 1. The van der Waals surface area contributed by atoms with Gasteiger partial charge in [0.25, 0.3) is 5.91 Å². The number of nitrogens with one attached hydrogen (secondary N) is 2. The van der Waals surface area contributed by atoms with Gasteiger partial charge < -0.3 is 10.3 Å². The second kappa shape index (κ2) is 5.36. The molecule has 5 heteroatoms. The quantitative estimate of drug-likeness (QED) is 0.668. The molecule has 0 saturated heterocycles. The van der Waals surface area contributed by atoms with E-state index in [0.717, 1.165) is 23.4 Å². The maximum Gasteiger partial charge on any atom is 0.256 e. The van der Waals surface area contributed by atoms with Crippen LogP contribution < -0.4 is 5.32 Å². The third-order valence-electron chi connectivity index (χ3n) is 3.42. The number of aromatic amines is 1. The lowest BCUT2D eigenvalue weighted by Gasteiger charge is -2.03. The summed E-state index contributed by atoms with van der Waals surface area (Å²) in [7, 11) is 0. The highest BCUT2D eigenvalue weighted by Crippen LogP contribution is 2.33. The number of fused-ring (bicyclic) bond motifs is 1. The van der Waals surface area contributed by atoms with Crippen molar-refractivity contribution in [3.8, 4) is 0 Å². The number of nitrogens with zero attached hydrogens (tertiary/aromatic N) is 1. The fourth-order valence-electron chi connectivity index (χ4n) is 2.38. The van der Waals surface area contributed by atoms with E-state index >= 15 is 0 Å². The number of carbonyl (C=O) groups is 2. The smallest absolute Gasteiger partial charge is 0.256 e. The molecule has 0 bridgehead atoms. The predicted molar refractivity (Wildman–Crippen MR) is 80.8 cm³/mol. The van der Waals surface area contributed by atoms with Crippen LogP contribution in [0, 0.1) is 0 Å². The van der Waals surface area contributed by atoms with E-state index in [1.807, 2.05) is 6.92 Å². The summed E-state index contributed by atoms with van der Waals surface area (Å²) in [6, 6.07) is 5.33. The van der Waals surface area contributed by atoms with Gasteiger partial charge in [-0.1, -0.05) is 6.92 Å². The van der Waals surface area contributed by atoms with Crippen LogP contribution in [0.3, 0.4) is 0 Å². The van der Waals surface area contributed by atoms with Gasteiger partial charge in [-0.3, -0.25) is 9.59 Å². The van der Waals surface area contributed by atoms with E-state index in [1.54, 1.807) is 36.8 Å². The number of amides is 1. The summed E-state index contributed by atoms with van der Waals surface area (Å²) in [6.45, 7) is 1.97. The first-order chi connectivity index (χ1) is 10.2. The zero-order valence-electron chi connectivity index (χ0n) is 11.6. The van der Waals surface area contributed by atoms with Crippen LogP contribution in [-0.2, 0) is 4.79 Å². The Bertz CT molecular complexity index is 730. The molecule has 106 valence electrons. The molecule has 0 saturated carbocycles. The molecule has 21 heavy (non-hydrogen) atoms. The fraction of sp³-hybridized carbons (Fsp3) is 0.188. The standard InChI is InChI=1S/C16H15N3O2/c1-2-3-15(20)10-4-5-14-12(6-10)13(16(21)19-14)7-11-8-17-9-18-11/h4-9H,2-3H2,1H3,(H,17,18)(H,19,21)/b13-7-. The van der Waals surface area contributed by atoms with E-state index in [1.165, 1.54) is 0 Å². The third kappa shape index (κ3) is 2.50. The predicted octanol–water partition coefficient (Wildman–Crippen LogP) is 2.89. The Kier molecular flexibility index (Phi) is 3.39. The lowest BCUT2D eigenvalue weighted by atomic mass is 9.99. The SMILES string of the molecule is CCCC(=O)c1ccc2c(c1)/C(=C/c1cnc[nH]1)C(=O)N2. The molecule has 3 rings (SSSR count). The third-order valence-corrected chi connectivity index (χ3v) is 3.42. The zero-order valence-corrected chi connectivity index (χ0v) is 11.6. The van der Waals surface area contributed by atoms with Gasteiger partial charge in [-0.25, -0.2) is 4.98 Å². The van der Waals surface area contributed by atoms with Gasteiger partial charge in [-0.2, -0.15) is 0 Å². The Balaban J connectivity index is 2.02. The van der Waals surface area contributed by atoms with E-state index in [0.29, 0.717) is 17.6 Å². The molecule has 0 unspecified atom stereocenters. The molecule has 5 nitrogen and oxygen atoms in total. The summed E-state index contributed by atoms with van der Waals surface area (Å²) < 4.78 is 0. The Labute approximate surface area is 122 Å². The molecule has 0 atom stereocenters. The van der Waals surface area contributed by atoms with E-state index < -0.39 is 0 Å². The van der Waals surface area contributed by atoms with Crippen LogP contribution >= 0.6 is 0 Å². The first-order valence-electron chi connectivity index (χ1n) is 6.88. The van der Waals surface area contributed by atoms with Crippen LogP contribution in [-0.4, -0.2) is 21.7 Å². The summed E-state index contributed by atoms with van der Waals surface area (Å²) in [6.07, 6.45) is 6.26. The maximum atomic E-state index is 12.1. The minimum atomic E-state index is -0.167. The molecular weight excluding hydrogens is 266 g/mol. The Morgan fingerprint density at radius 1 is 1.38 bits per heavy atom. The highest BCUT2D eigenvalue weighted by Gasteiger charge is 2.25. The van der Waals surface area contributed by atoms with Crippen LogP contribution in [0.25, 0.3) is 11.6 Å². The molecule has 1 aromatic carbocycles. The number of ketones is 1. The van der Waals surface area contributed by atoms with Crippen LogP contribution in [0.5, 0.6) is 0 Å². The molecule has 1 aliphatic heterocycles. The van der Waals surface area contributed by atoms with Crippen LogP contribution in [0.1, 0.15) is 41.4 Å². The maximum absolute atomic E-state index is 12.1. The van der Waals surface area contributed by atoms with Gasteiger partial charge in [-0.05, 0) is 30.7 Å². The van der Waals surface area contributed by atoms with Crippen molar-refractivity contribution in [2.24, 2.45) is 0 Å². The lowest BCUT2D eigenvalue weighted by molar-refractivity contribution is -0.110. The van der Waals surface area contributed by atoms with E-state index in [9.17, 15) is 9.59 Å². The van der Waals surface area contributed by atoms with Crippen molar-refractivity contribution < 1.29 is 9.59 Å². The second-order valence-corrected chi connectivity index (χ2v) is 4.95. The topological polar surface area (TPSA) is 74.8 Å². The Morgan fingerprint density at radius 3 is 2.95 bits per heavy atom. The number of H-pyrrole nitrogens is 1. The number of carbonyl (C=O) groups excluding carboxylic acids is 2. The van der Waals surface area contributed by atoms with Gasteiger partial charge >= 0.3 is 0 Å². The lowest BCUT2D eigenvalue weighted by Crippen LogP contribution is -2.03. The molecule has 0 radical (unpaired) electrons. The van der Waals surface area contributed by atoms with Gasteiger partial charge in [0.1, 0.15) is 0 Å². The monoisotopic (exact) mass is 281 g/mol. The number of imidazole rings is 1. The van der Waals surface area contributed by atoms with Gasteiger partial charge in [0.15, 0.2) is 5.78 Å². The molecule has 1 amide bonds. The van der Waals surface area contributed by atoms with Crippen molar-refractivity contribution >= 4 is 29.0 Å². The van der Waals surface area contributed by atoms with Crippen LogP contribution in [0.15, 0.2) is 30.7 Å². The summed E-state index contributed by atoms with van der Waals surface area (Å²) in [5, 5.41) is 2.81. The molecule has 2 N–H and O–H groups in total. The number of aromatic nitrogens is 2. The minimum Gasteiger partial charge on any atom is -0.345 e. The van der Waals surface area contributed by atoms with Gasteiger partial charge in [-0.15, -0.1) is 0 Å². The van der Waals surface area contributed by atoms with E-state index in [-0.39, 0.29) is 11.7 Å². The number of rotatable bonds is 4. The summed E-state index contributed by atoms with van der Waals surface area (Å²) >= 11 is 0. The number of Topliss-reactive ketones (excluding diaryl/α,β-unsaturated/α-hetero) is 1. The van der Waals surface area contributed by atoms with Crippen molar-refractivity contribution in [2.75, 3.05) is 5.32 Å². The highest BCUT2D eigenvalue weighted by molar-refractivity contribution is 6.35. The van der Waals surface area contributed by atoms with Crippen molar-refractivity contribution in [2.45, 2.75) is 19.8 Å². The molecule has 0 spiro atoms. The molecule has 0 aliphatic carbocycles. The largest absolute Gasteiger partial charge is 0.345 e. The number of hydrogen-bond donors (Lipinski definition) is 2. The van der Waals surface area contributed by atoms with Crippen LogP contribution in [0.2, 0.25) is 0 Å². The second-order valence-electron chi connectivity index (χ2n) is 4.95. The van der Waals surface area contributed by atoms with Crippen molar-refractivity contribution in [3.05, 3.63) is 47.5 Å². The minimum absolute atomic E-state index is 0.0977. The zero-order chi connectivity index (χ0) is 14.8. The van der Waals surface area contributed by atoms with E-state index in [2.05, 4.69) is 15.3 Å². The molecule has 0 fully saturated rings. The number of hydrogen-bond acceptors (Lipinski definition) is 3. The molecule has 1 aromatic heterocycles. The van der Waals surface area contributed by atoms with Crippen molar-refractivity contribution in [1.82, 2.24) is 9.97 Å². The fourth-order valence-corrected chi connectivity index (χ4v) is 2.38. The Hall–Kier alpha value is -2.69. The van der Waals surface area contributed by atoms with Crippen molar-refractivity contribution in [3.63, 3.8) is 0 Å². The molecular formula is C16H15N3O2. The summed E-state index contributed by atoms with van der Waals surface area (Å²) in [5.74, 6) is -0.0692. The average Bonchev–Trinajstić information content (AvgIpc) is 3.08. The first-order valence-corrected chi connectivity index (χ1v) is 6.88. The highest BCUT2D eigenvalue weighted by atomic mass is 16.2. The Morgan fingerprint density at radius 2 is 2.24 bits per heavy atom. The first kappa shape index (κ1) is 13.3. The van der Waals surface area contributed by atoms with Gasteiger partial charge in [0.2, 0.25) is 0 Å². The summed E-state index contributed by atoms with van der Waals surface area (Å²) in [4.78, 5) is 30.9. The van der Waals surface area contributed by atoms with E-state index in [4.69, 9.17) is 0 Å². The van der Waals surface area contributed by atoms with Crippen molar-refractivity contribution in [1.29, 1.82) is 0 Å². The van der Waals surface area contributed by atoms with Crippen LogP contribution in [0.4, 0.5) is 5.69 Å². The number of anilines is 1. The van der Waals surface area contributed by atoms with Gasteiger partial charge in [0, 0.05) is 23.2 Å². The molecule has 2 aromatic rings. The normalized spacial score (nSPS) is 15.1. The summed E-state index contributed by atoms with van der Waals surface area (Å²) in [5.41, 5.74) is 3.43. The molecule has 2 heterocycles. The molecule has 1 aliphatic rings.